The van der Waals surface area contributed by atoms with Gasteiger partial charge in [0.15, 0.2) is 18.1 Å². The van der Waals surface area contributed by atoms with Crippen molar-refractivity contribution in [1.29, 1.82) is 5.26 Å². The molecule has 0 bridgehead atoms. The number of primary amides is 1. The predicted octanol–water partition coefficient (Wildman–Crippen LogP) is 3.31. The average Bonchev–Trinajstić information content (AvgIpc) is 2.67. The summed E-state index contributed by atoms with van der Waals surface area (Å²) in [6.45, 7) is 4.01. The molecule has 0 heterocycles. The second kappa shape index (κ2) is 10.9. The van der Waals surface area contributed by atoms with Gasteiger partial charge in [-0.2, -0.15) is 5.26 Å². The molecule has 156 valence electrons. The normalized spacial score (nSPS) is 19.2. The van der Waals surface area contributed by atoms with Gasteiger partial charge in [-0.15, -0.1) is 0 Å². The maximum atomic E-state index is 12.6. The van der Waals surface area contributed by atoms with E-state index in [2.05, 4.69) is 28.2 Å². The second-order valence-corrected chi connectivity index (χ2v) is 7.88. The number of benzene rings is 1. The van der Waals surface area contributed by atoms with Crippen LogP contribution in [-0.4, -0.2) is 31.1 Å². The van der Waals surface area contributed by atoms with Crippen LogP contribution in [0, 0.1) is 17.2 Å². The van der Waals surface area contributed by atoms with Crippen molar-refractivity contribution in [3.63, 3.8) is 0 Å². The molecule has 1 aliphatic rings. The SMILES string of the molecule is CCOc1cc(/C=C(\C#N)C(=O)N[C@@H]2CCCC[C@H]2C)cc(Br)c1OCC(N)=O. The van der Waals surface area contributed by atoms with Crippen molar-refractivity contribution < 1.29 is 19.1 Å². The lowest BCUT2D eigenvalue weighted by Crippen LogP contribution is -2.41. The molecular formula is C21H26BrN3O4. The number of nitrogens with one attached hydrogen (secondary N) is 1. The number of ether oxygens (including phenoxy) is 2. The van der Waals surface area contributed by atoms with Crippen LogP contribution < -0.4 is 20.5 Å². The number of hydrogen-bond donors (Lipinski definition) is 2. The lowest BCUT2D eigenvalue weighted by Gasteiger charge is -2.29. The van der Waals surface area contributed by atoms with Crippen molar-refractivity contribution in [1.82, 2.24) is 5.32 Å². The molecule has 0 unspecified atom stereocenters. The summed E-state index contributed by atoms with van der Waals surface area (Å²) in [4.78, 5) is 23.6. The van der Waals surface area contributed by atoms with Crippen LogP contribution in [0.1, 0.15) is 45.1 Å². The Hall–Kier alpha value is -2.53. The molecule has 1 saturated carbocycles. The molecular weight excluding hydrogens is 438 g/mol. The molecule has 0 radical (unpaired) electrons. The summed E-state index contributed by atoms with van der Waals surface area (Å²) in [6.07, 6.45) is 5.77. The van der Waals surface area contributed by atoms with Crippen LogP contribution >= 0.6 is 15.9 Å². The highest BCUT2D eigenvalue weighted by Gasteiger charge is 2.24. The number of nitriles is 1. The number of hydrogen-bond acceptors (Lipinski definition) is 5. The Morgan fingerprint density at radius 3 is 2.69 bits per heavy atom. The van der Waals surface area contributed by atoms with Crippen LogP contribution in [0.25, 0.3) is 6.08 Å². The van der Waals surface area contributed by atoms with Crippen LogP contribution in [0.5, 0.6) is 11.5 Å². The fourth-order valence-corrected chi connectivity index (χ4v) is 3.88. The molecule has 2 atom stereocenters. The summed E-state index contributed by atoms with van der Waals surface area (Å²) in [5.41, 5.74) is 5.75. The zero-order chi connectivity index (χ0) is 21.4. The number of halogens is 1. The average molecular weight is 464 g/mol. The van der Waals surface area contributed by atoms with Gasteiger partial charge in [-0.05, 0) is 65.4 Å². The number of rotatable bonds is 8. The molecule has 2 rings (SSSR count). The summed E-state index contributed by atoms with van der Waals surface area (Å²) >= 11 is 3.38. The third-order valence-electron chi connectivity index (χ3n) is 4.79. The third kappa shape index (κ3) is 6.50. The molecule has 0 aromatic heterocycles. The van der Waals surface area contributed by atoms with E-state index in [1.54, 1.807) is 12.1 Å². The Kier molecular flexibility index (Phi) is 8.52. The highest BCUT2D eigenvalue weighted by atomic mass is 79.9. The van der Waals surface area contributed by atoms with E-state index in [4.69, 9.17) is 15.2 Å². The van der Waals surface area contributed by atoms with E-state index in [0.717, 1.165) is 19.3 Å². The molecule has 0 spiro atoms. The van der Waals surface area contributed by atoms with E-state index in [1.165, 1.54) is 12.5 Å². The Bertz CT molecular complexity index is 832. The summed E-state index contributed by atoms with van der Waals surface area (Å²) in [6, 6.07) is 5.41. The fourth-order valence-electron chi connectivity index (χ4n) is 3.31. The highest BCUT2D eigenvalue weighted by molar-refractivity contribution is 9.10. The summed E-state index contributed by atoms with van der Waals surface area (Å²) in [5, 5.41) is 12.5. The molecule has 0 saturated heterocycles. The number of nitrogens with zero attached hydrogens (tertiary/aromatic N) is 1. The van der Waals surface area contributed by atoms with Crippen molar-refractivity contribution in [3.05, 3.63) is 27.7 Å². The van der Waals surface area contributed by atoms with Gasteiger partial charge in [-0.25, -0.2) is 0 Å². The molecule has 7 nitrogen and oxygen atoms in total. The number of carbonyl (C=O) groups is 2. The molecule has 29 heavy (non-hydrogen) atoms. The van der Waals surface area contributed by atoms with Gasteiger partial charge in [-0.1, -0.05) is 19.8 Å². The molecule has 0 aliphatic heterocycles. The minimum Gasteiger partial charge on any atom is -0.490 e. The Balaban J connectivity index is 2.26. The monoisotopic (exact) mass is 463 g/mol. The molecule has 1 aliphatic carbocycles. The molecule has 1 aromatic rings. The minimum absolute atomic E-state index is 0.0166. The quantitative estimate of drug-likeness (QED) is 0.453. The van der Waals surface area contributed by atoms with Gasteiger partial charge in [-0.3, -0.25) is 9.59 Å². The maximum Gasteiger partial charge on any atom is 0.262 e. The molecule has 2 amide bonds. The van der Waals surface area contributed by atoms with Crippen LogP contribution in [0.4, 0.5) is 0 Å². The lowest BCUT2D eigenvalue weighted by atomic mass is 9.86. The number of carbonyl (C=O) groups excluding carboxylic acids is 2. The summed E-state index contributed by atoms with van der Waals surface area (Å²) in [5.74, 6) is 0.126. The van der Waals surface area contributed by atoms with Crippen molar-refractivity contribution in [3.8, 4) is 17.6 Å². The largest absolute Gasteiger partial charge is 0.490 e. The van der Waals surface area contributed by atoms with E-state index in [9.17, 15) is 14.9 Å². The van der Waals surface area contributed by atoms with E-state index in [0.29, 0.717) is 34.1 Å². The first kappa shape index (κ1) is 22.8. The van der Waals surface area contributed by atoms with Gasteiger partial charge in [0, 0.05) is 6.04 Å². The zero-order valence-corrected chi connectivity index (χ0v) is 18.3. The minimum atomic E-state index is -0.608. The maximum absolute atomic E-state index is 12.6. The van der Waals surface area contributed by atoms with E-state index in [-0.39, 0.29) is 24.1 Å². The van der Waals surface area contributed by atoms with Crippen LogP contribution in [0.2, 0.25) is 0 Å². The van der Waals surface area contributed by atoms with E-state index >= 15 is 0 Å². The van der Waals surface area contributed by atoms with E-state index < -0.39 is 5.91 Å². The number of nitrogens with two attached hydrogens (primary N) is 1. The zero-order valence-electron chi connectivity index (χ0n) is 16.7. The van der Waals surface area contributed by atoms with Crippen molar-refractivity contribution in [2.45, 2.75) is 45.6 Å². The standard InChI is InChI=1S/C21H26BrN3O4/c1-3-28-18-10-14(9-16(22)20(18)29-12-19(24)26)8-15(11-23)21(27)25-17-7-5-4-6-13(17)2/h8-10,13,17H,3-7,12H2,1-2H3,(H2,24,26)(H,25,27)/b15-8+/t13-,17-/m1/s1. The highest BCUT2D eigenvalue weighted by Crippen LogP contribution is 2.37. The lowest BCUT2D eigenvalue weighted by molar-refractivity contribution is -0.120. The van der Waals surface area contributed by atoms with Gasteiger partial charge < -0.3 is 20.5 Å². The first-order chi connectivity index (χ1) is 13.8. The Morgan fingerprint density at radius 1 is 1.34 bits per heavy atom. The second-order valence-electron chi connectivity index (χ2n) is 7.03. The first-order valence-corrected chi connectivity index (χ1v) is 10.4. The molecule has 3 N–H and O–H groups in total. The van der Waals surface area contributed by atoms with Crippen molar-refractivity contribution in [2.24, 2.45) is 11.7 Å². The van der Waals surface area contributed by atoms with Gasteiger partial charge in [0.1, 0.15) is 11.6 Å². The topological polar surface area (TPSA) is 114 Å². The van der Waals surface area contributed by atoms with Crippen LogP contribution in [-0.2, 0) is 9.59 Å². The fraction of sp³-hybridized carbons (Fsp3) is 0.476. The smallest absolute Gasteiger partial charge is 0.262 e. The van der Waals surface area contributed by atoms with Crippen molar-refractivity contribution in [2.75, 3.05) is 13.2 Å². The van der Waals surface area contributed by atoms with Gasteiger partial charge in [0.2, 0.25) is 0 Å². The third-order valence-corrected chi connectivity index (χ3v) is 5.38. The Morgan fingerprint density at radius 2 is 2.07 bits per heavy atom. The molecule has 1 fully saturated rings. The summed E-state index contributed by atoms with van der Waals surface area (Å²) in [7, 11) is 0. The van der Waals surface area contributed by atoms with Crippen LogP contribution in [0.3, 0.4) is 0 Å². The van der Waals surface area contributed by atoms with E-state index in [1.807, 2.05) is 13.0 Å². The van der Waals surface area contributed by atoms with Crippen molar-refractivity contribution >= 4 is 33.8 Å². The summed E-state index contributed by atoms with van der Waals surface area (Å²) < 4.78 is 11.5. The predicted molar refractivity (Wildman–Crippen MR) is 113 cm³/mol. The number of amides is 2. The van der Waals surface area contributed by atoms with Gasteiger partial charge in [0.25, 0.3) is 11.8 Å². The Labute approximate surface area is 179 Å². The van der Waals surface area contributed by atoms with Gasteiger partial charge >= 0.3 is 0 Å². The first-order valence-electron chi connectivity index (χ1n) is 9.65. The molecule has 8 heteroatoms. The van der Waals surface area contributed by atoms with Crippen LogP contribution in [0.15, 0.2) is 22.2 Å². The molecule has 1 aromatic carbocycles. The van der Waals surface area contributed by atoms with Gasteiger partial charge in [0.05, 0.1) is 11.1 Å².